The lowest BCUT2D eigenvalue weighted by Crippen LogP contribution is -2.24. The molecule has 0 bridgehead atoms. The zero-order valence-corrected chi connectivity index (χ0v) is 12.8. The van der Waals surface area contributed by atoms with Gasteiger partial charge in [-0.1, -0.05) is 11.6 Å². The second-order valence-electron chi connectivity index (χ2n) is 5.38. The molecule has 3 N–H and O–H groups in total. The monoisotopic (exact) mass is 309 g/mol. The van der Waals surface area contributed by atoms with Crippen LogP contribution in [0.3, 0.4) is 0 Å². The molecular formula is C15H20ClN3O2. The summed E-state index contributed by atoms with van der Waals surface area (Å²) in [5.41, 5.74) is 6.95. The van der Waals surface area contributed by atoms with Gasteiger partial charge in [0.25, 0.3) is 0 Å². The van der Waals surface area contributed by atoms with Gasteiger partial charge in [0.1, 0.15) is 0 Å². The first kappa shape index (κ1) is 15.8. The highest BCUT2D eigenvalue weighted by Crippen LogP contribution is 2.31. The van der Waals surface area contributed by atoms with E-state index in [0.29, 0.717) is 42.2 Å². The molecule has 0 saturated carbocycles. The molecule has 1 aliphatic rings. The van der Waals surface area contributed by atoms with Crippen molar-refractivity contribution in [3.05, 3.63) is 23.2 Å². The zero-order valence-electron chi connectivity index (χ0n) is 12.1. The van der Waals surface area contributed by atoms with E-state index >= 15 is 0 Å². The Hall–Kier alpha value is -1.59. The van der Waals surface area contributed by atoms with Crippen LogP contribution in [-0.4, -0.2) is 24.4 Å². The summed E-state index contributed by atoms with van der Waals surface area (Å²) in [7, 11) is 0. The summed E-state index contributed by atoms with van der Waals surface area (Å²) < 4.78 is 0. The van der Waals surface area contributed by atoms with E-state index in [9.17, 15) is 9.59 Å². The smallest absolute Gasteiger partial charge is 0.227 e. The van der Waals surface area contributed by atoms with Crippen molar-refractivity contribution in [3.8, 4) is 0 Å². The van der Waals surface area contributed by atoms with Crippen LogP contribution < -0.4 is 16.0 Å². The van der Waals surface area contributed by atoms with Gasteiger partial charge in [0.2, 0.25) is 11.8 Å². The Morgan fingerprint density at radius 1 is 1.52 bits per heavy atom. The predicted molar refractivity (Wildman–Crippen MR) is 84.6 cm³/mol. The van der Waals surface area contributed by atoms with Gasteiger partial charge in [0.05, 0.1) is 10.7 Å². The summed E-state index contributed by atoms with van der Waals surface area (Å²) in [6.45, 7) is 2.56. The van der Waals surface area contributed by atoms with Crippen molar-refractivity contribution in [1.29, 1.82) is 0 Å². The van der Waals surface area contributed by atoms with Crippen LogP contribution in [-0.2, 0) is 9.59 Å². The summed E-state index contributed by atoms with van der Waals surface area (Å²) in [5.74, 6) is -0.000940. The number of halogens is 1. The van der Waals surface area contributed by atoms with Crippen LogP contribution in [0.5, 0.6) is 0 Å². The molecule has 1 fully saturated rings. The van der Waals surface area contributed by atoms with Crippen LogP contribution in [0.2, 0.25) is 5.02 Å². The van der Waals surface area contributed by atoms with Crippen LogP contribution in [0.25, 0.3) is 0 Å². The van der Waals surface area contributed by atoms with Crippen molar-refractivity contribution >= 4 is 34.8 Å². The average Bonchev–Trinajstić information content (AvgIpc) is 2.83. The summed E-state index contributed by atoms with van der Waals surface area (Å²) in [4.78, 5) is 25.2. The van der Waals surface area contributed by atoms with E-state index in [-0.39, 0.29) is 17.9 Å². The van der Waals surface area contributed by atoms with E-state index in [4.69, 9.17) is 17.3 Å². The third-order valence-electron chi connectivity index (χ3n) is 3.42. The fourth-order valence-electron chi connectivity index (χ4n) is 2.29. The summed E-state index contributed by atoms with van der Waals surface area (Å²) in [5, 5.41) is 3.25. The molecule has 0 aliphatic carbocycles. The molecule has 5 nitrogen and oxygen atoms in total. The lowest BCUT2D eigenvalue weighted by Gasteiger charge is -2.18. The minimum Gasteiger partial charge on any atom is -0.328 e. The Bertz CT molecular complexity index is 546. The number of nitrogens with one attached hydrogen (secondary N) is 1. The summed E-state index contributed by atoms with van der Waals surface area (Å²) in [6, 6.07) is 5.21. The molecule has 1 saturated heterocycles. The molecule has 0 spiro atoms. The maximum atomic E-state index is 11.7. The van der Waals surface area contributed by atoms with E-state index < -0.39 is 0 Å². The first-order valence-electron chi connectivity index (χ1n) is 7.12. The maximum Gasteiger partial charge on any atom is 0.227 e. The lowest BCUT2D eigenvalue weighted by atomic mass is 10.2. The molecule has 0 aromatic heterocycles. The predicted octanol–water partition coefficient (Wildman–Crippen LogP) is 2.53. The van der Waals surface area contributed by atoms with Gasteiger partial charge in [0.15, 0.2) is 0 Å². The van der Waals surface area contributed by atoms with Gasteiger partial charge in [0, 0.05) is 31.1 Å². The van der Waals surface area contributed by atoms with Gasteiger partial charge >= 0.3 is 0 Å². The molecule has 21 heavy (non-hydrogen) atoms. The highest BCUT2D eigenvalue weighted by molar-refractivity contribution is 6.34. The molecule has 2 amide bonds. The Balaban J connectivity index is 2.02. The number of nitrogens with zero attached hydrogens (tertiary/aromatic N) is 1. The van der Waals surface area contributed by atoms with Crippen molar-refractivity contribution in [3.63, 3.8) is 0 Å². The van der Waals surface area contributed by atoms with Crippen molar-refractivity contribution in [2.24, 2.45) is 5.73 Å². The number of rotatable bonds is 5. The number of hydrogen-bond acceptors (Lipinski definition) is 3. The third-order valence-corrected chi connectivity index (χ3v) is 3.73. The molecule has 1 aromatic rings. The highest BCUT2D eigenvalue weighted by Gasteiger charge is 2.23. The Kier molecular flexibility index (Phi) is 5.20. The highest BCUT2D eigenvalue weighted by atomic mass is 35.5. The van der Waals surface area contributed by atoms with Gasteiger partial charge in [-0.15, -0.1) is 0 Å². The zero-order chi connectivity index (χ0) is 15.4. The lowest BCUT2D eigenvalue weighted by molar-refractivity contribution is -0.117. The van der Waals surface area contributed by atoms with Crippen LogP contribution >= 0.6 is 11.6 Å². The fraction of sp³-hybridized carbons (Fsp3) is 0.467. The maximum absolute atomic E-state index is 11.7. The fourth-order valence-corrected chi connectivity index (χ4v) is 2.57. The van der Waals surface area contributed by atoms with Crippen molar-refractivity contribution in [2.75, 3.05) is 16.8 Å². The van der Waals surface area contributed by atoms with Crippen molar-refractivity contribution in [1.82, 2.24) is 0 Å². The number of carbonyl (C=O) groups is 2. The van der Waals surface area contributed by atoms with Crippen LogP contribution in [0.1, 0.15) is 32.6 Å². The summed E-state index contributed by atoms with van der Waals surface area (Å²) in [6.07, 6.45) is 2.43. The molecule has 1 heterocycles. The Labute approximate surface area is 129 Å². The molecule has 2 rings (SSSR count). The number of anilines is 2. The molecule has 1 unspecified atom stereocenters. The summed E-state index contributed by atoms with van der Waals surface area (Å²) >= 11 is 6.22. The SMILES string of the molecule is CC(N)CCC(=O)Nc1ccc(N2CCCC2=O)c(Cl)c1. The minimum absolute atomic E-state index is 0.00268. The van der Waals surface area contributed by atoms with E-state index in [1.807, 2.05) is 6.92 Å². The second-order valence-corrected chi connectivity index (χ2v) is 5.79. The van der Waals surface area contributed by atoms with Gasteiger partial charge in [-0.25, -0.2) is 0 Å². The normalized spacial score (nSPS) is 16.1. The average molecular weight is 310 g/mol. The van der Waals surface area contributed by atoms with Gasteiger partial charge in [-0.2, -0.15) is 0 Å². The quantitative estimate of drug-likeness (QED) is 0.877. The van der Waals surface area contributed by atoms with Crippen molar-refractivity contribution < 1.29 is 9.59 Å². The third kappa shape index (κ3) is 4.19. The van der Waals surface area contributed by atoms with Gasteiger partial charge in [-0.3, -0.25) is 9.59 Å². The number of benzene rings is 1. The molecule has 1 aromatic carbocycles. The second kappa shape index (κ2) is 6.91. The van der Waals surface area contributed by atoms with E-state index in [0.717, 1.165) is 6.42 Å². The molecule has 114 valence electrons. The van der Waals surface area contributed by atoms with Crippen LogP contribution in [0.4, 0.5) is 11.4 Å². The Morgan fingerprint density at radius 2 is 2.29 bits per heavy atom. The van der Waals surface area contributed by atoms with Crippen LogP contribution in [0.15, 0.2) is 18.2 Å². The molecular weight excluding hydrogens is 290 g/mol. The first-order chi connectivity index (χ1) is 9.97. The molecule has 0 radical (unpaired) electrons. The van der Waals surface area contributed by atoms with Gasteiger partial charge in [-0.05, 0) is 38.0 Å². The standard InChI is InChI=1S/C15H20ClN3O2/c1-10(17)4-7-14(20)18-11-5-6-13(12(16)9-11)19-8-2-3-15(19)21/h5-6,9-10H,2-4,7-8,17H2,1H3,(H,18,20). The van der Waals surface area contributed by atoms with E-state index in [1.54, 1.807) is 23.1 Å². The number of carbonyl (C=O) groups excluding carboxylic acids is 2. The topological polar surface area (TPSA) is 75.4 Å². The number of hydrogen-bond donors (Lipinski definition) is 2. The minimum atomic E-state index is -0.0895. The molecule has 1 aliphatic heterocycles. The Morgan fingerprint density at radius 3 is 2.86 bits per heavy atom. The number of nitrogens with two attached hydrogens (primary N) is 1. The van der Waals surface area contributed by atoms with Gasteiger partial charge < -0.3 is 16.0 Å². The largest absolute Gasteiger partial charge is 0.328 e. The number of amides is 2. The molecule has 1 atom stereocenters. The van der Waals surface area contributed by atoms with E-state index in [2.05, 4.69) is 5.32 Å². The van der Waals surface area contributed by atoms with E-state index in [1.165, 1.54) is 0 Å². The van der Waals surface area contributed by atoms with Crippen LogP contribution in [0, 0.1) is 0 Å². The molecule has 6 heteroatoms. The first-order valence-corrected chi connectivity index (χ1v) is 7.50. The van der Waals surface area contributed by atoms with Crippen molar-refractivity contribution in [2.45, 2.75) is 38.6 Å².